The number of nitrogens with one attached hydrogen (secondary N) is 1. The molecule has 1 N–H and O–H groups in total. The van der Waals surface area contributed by atoms with Crippen molar-refractivity contribution in [2.24, 2.45) is 0 Å². The molecule has 0 aliphatic carbocycles. The highest BCUT2D eigenvalue weighted by Crippen LogP contribution is 2.43. The number of carbonyl (C=O) groups is 1. The summed E-state index contributed by atoms with van der Waals surface area (Å²) >= 11 is 0. The first kappa shape index (κ1) is 22.4. The van der Waals surface area contributed by atoms with Gasteiger partial charge < -0.3 is 14.5 Å². The van der Waals surface area contributed by atoms with E-state index < -0.39 is 15.6 Å². The molecule has 3 aromatic rings. The van der Waals surface area contributed by atoms with Crippen molar-refractivity contribution < 1.29 is 22.4 Å². The van der Waals surface area contributed by atoms with Crippen LogP contribution in [-0.2, 0) is 14.8 Å². The minimum Gasteiger partial charge on any atom is -0.455 e. The summed E-state index contributed by atoms with van der Waals surface area (Å²) in [4.78, 5) is 12.9. The highest BCUT2D eigenvalue weighted by molar-refractivity contribution is 7.92. The Morgan fingerprint density at radius 3 is 2.44 bits per heavy atom. The Balaban J connectivity index is 2.03. The third-order valence-corrected chi connectivity index (χ3v) is 6.86. The highest BCUT2D eigenvalue weighted by atomic mass is 32.2. The molecule has 32 heavy (non-hydrogen) atoms. The van der Waals surface area contributed by atoms with Crippen LogP contribution in [0, 0.1) is 6.92 Å². The van der Waals surface area contributed by atoms with Gasteiger partial charge >= 0.3 is 0 Å². The highest BCUT2D eigenvalue weighted by Gasteiger charge is 2.37. The summed E-state index contributed by atoms with van der Waals surface area (Å²) in [7, 11) is -2.00. The maximum absolute atomic E-state index is 12.9. The van der Waals surface area contributed by atoms with Gasteiger partial charge in [-0.15, -0.1) is 0 Å². The fraction of sp³-hybridized carbons (Fsp3) is 0.375. The van der Waals surface area contributed by atoms with Crippen molar-refractivity contribution in [2.45, 2.75) is 39.4 Å². The van der Waals surface area contributed by atoms with E-state index in [0.29, 0.717) is 33.5 Å². The summed E-state index contributed by atoms with van der Waals surface area (Å²) in [6, 6.07) is 11.2. The fourth-order valence-corrected chi connectivity index (χ4v) is 5.32. The van der Waals surface area contributed by atoms with Gasteiger partial charge in [0.15, 0.2) is 0 Å². The summed E-state index contributed by atoms with van der Waals surface area (Å²) in [5, 5.41) is 3.31. The van der Waals surface area contributed by atoms with E-state index in [9.17, 15) is 13.2 Å². The summed E-state index contributed by atoms with van der Waals surface area (Å²) in [6.07, 6.45) is 0.800. The molecule has 2 aromatic carbocycles. The SMILES string of the molecule is CNC(=O)c1c(-c2ccc(C)cc2)oc2cc3c(cc12)C(C)OC(C)(C)CN3S(C)(=O)=O. The van der Waals surface area contributed by atoms with E-state index in [2.05, 4.69) is 5.32 Å². The lowest BCUT2D eigenvalue weighted by Crippen LogP contribution is -2.42. The average Bonchev–Trinajstić information content (AvgIpc) is 3.03. The minimum absolute atomic E-state index is 0.169. The zero-order valence-corrected chi connectivity index (χ0v) is 20.0. The monoisotopic (exact) mass is 456 g/mol. The van der Waals surface area contributed by atoms with Crippen LogP contribution in [0.4, 0.5) is 5.69 Å². The average molecular weight is 457 g/mol. The number of rotatable bonds is 3. The van der Waals surface area contributed by atoms with Gasteiger partial charge in [0.25, 0.3) is 5.91 Å². The minimum atomic E-state index is -3.57. The molecule has 1 atom stereocenters. The van der Waals surface area contributed by atoms with E-state index in [1.165, 1.54) is 10.6 Å². The van der Waals surface area contributed by atoms with E-state index in [-0.39, 0.29) is 18.6 Å². The second-order valence-corrected chi connectivity index (χ2v) is 10.9. The predicted octanol–water partition coefficient (Wildman–Crippen LogP) is 4.40. The first-order valence-corrected chi connectivity index (χ1v) is 12.3. The number of sulfonamides is 1. The number of aryl methyl sites for hydroxylation is 1. The van der Waals surface area contributed by atoms with E-state index in [1.54, 1.807) is 13.1 Å². The summed E-state index contributed by atoms with van der Waals surface area (Å²) in [5.74, 6) is 0.168. The molecule has 1 aromatic heterocycles. The first-order chi connectivity index (χ1) is 14.9. The van der Waals surface area contributed by atoms with Crippen LogP contribution in [0.3, 0.4) is 0 Å². The predicted molar refractivity (Wildman–Crippen MR) is 126 cm³/mol. The molecular weight excluding hydrogens is 428 g/mol. The molecule has 8 heteroatoms. The van der Waals surface area contributed by atoms with Crippen LogP contribution in [0.15, 0.2) is 40.8 Å². The largest absolute Gasteiger partial charge is 0.455 e. The molecule has 0 bridgehead atoms. The lowest BCUT2D eigenvalue weighted by Gasteiger charge is -2.30. The molecule has 1 aliphatic rings. The number of furan rings is 1. The zero-order chi connectivity index (χ0) is 23.4. The number of amides is 1. The second-order valence-electron chi connectivity index (χ2n) is 8.95. The van der Waals surface area contributed by atoms with E-state index >= 15 is 0 Å². The van der Waals surface area contributed by atoms with Gasteiger partial charge in [-0.25, -0.2) is 8.42 Å². The van der Waals surface area contributed by atoms with Crippen LogP contribution < -0.4 is 9.62 Å². The van der Waals surface area contributed by atoms with Gasteiger partial charge in [-0.1, -0.05) is 29.8 Å². The third-order valence-electron chi connectivity index (χ3n) is 5.73. The lowest BCUT2D eigenvalue weighted by molar-refractivity contribution is -0.0542. The number of hydrogen-bond donors (Lipinski definition) is 1. The quantitative estimate of drug-likeness (QED) is 0.631. The summed E-state index contributed by atoms with van der Waals surface area (Å²) in [6.45, 7) is 7.77. The van der Waals surface area contributed by atoms with Crippen LogP contribution in [0.2, 0.25) is 0 Å². The number of carbonyl (C=O) groups excluding carboxylic acids is 1. The van der Waals surface area contributed by atoms with Crippen molar-refractivity contribution >= 4 is 32.6 Å². The number of fused-ring (bicyclic) bond motifs is 2. The molecule has 4 rings (SSSR count). The smallest absolute Gasteiger partial charge is 0.255 e. The fourth-order valence-electron chi connectivity index (χ4n) is 4.26. The van der Waals surface area contributed by atoms with Gasteiger partial charge in [0, 0.05) is 29.6 Å². The molecule has 2 heterocycles. The molecule has 0 fully saturated rings. The van der Waals surface area contributed by atoms with Crippen LogP contribution in [0.5, 0.6) is 0 Å². The van der Waals surface area contributed by atoms with Crippen molar-refractivity contribution in [1.29, 1.82) is 0 Å². The first-order valence-electron chi connectivity index (χ1n) is 10.5. The molecule has 1 aliphatic heterocycles. The third kappa shape index (κ3) is 3.89. The van der Waals surface area contributed by atoms with Gasteiger partial charge in [-0.2, -0.15) is 0 Å². The lowest BCUT2D eigenvalue weighted by atomic mass is 10.00. The Bertz CT molecular complexity index is 1310. The summed E-state index contributed by atoms with van der Waals surface area (Å²) in [5.41, 5.74) is 3.22. The number of hydrogen-bond acceptors (Lipinski definition) is 5. The number of nitrogens with zero attached hydrogens (tertiary/aromatic N) is 1. The zero-order valence-electron chi connectivity index (χ0n) is 19.1. The second kappa shape index (κ2) is 7.64. The van der Waals surface area contributed by atoms with Crippen molar-refractivity contribution in [3.05, 3.63) is 53.1 Å². The van der Waals surface area contributed by atoms with Crippen molar-refractivity contribution in [3.63, 3.8) is 0 Å². The van der Waals surface area contributed by atoms with Gasteiger partial charge in [0.1, 0.15) is 11.3 Å². The molecule has 0 saturated carbocycles. The van der Waals surface area contributed by atoms with Crippen molar-refractivity contribution in [1.82, 2.24) is 5.32 Å². The Labute approximate surface area is 188 Å². The maximum atomic E-state index is 12.9. The molecule has 7 nitrogen and oxygen atoms in total. The number of ether oxygens (including phenoxy) is 1. The topological polar surface area (TPSA) is 88.8 Å². The van der Waals surface area contributed by atoms with Gasteiger partial charge in [0.05, 0.1) is 35.8 Å². The van der Waals surface area contributed by atoms with Crippen molar-refractivity contribution in [3.8, 4) is 11.3 Å². The van der Waals surface area contributed by atoms with Crippen LogP contribution in [0.1, 0.15) is 48.4 Å². The normalized spacial score (nSPS) is 18.3. The Morgan fingerprint density at radius 1 is 1.19 bits per heavy atom. The van der Waals surface area contributed by atoms with Crippen molar-refractivity contribution in [2.75, 3.05) is 24.2 Å². The van der Waals surface area contributed by atoms with Gasteiger partial charge in [-0.3, -0.25) is 9.10 Å². The Kier molecular flexibility index (Phi) is 5.33. The van der Waals surface area contributed by atoms with Gasteiger partial charge in [0.2, 0.25) is 10.0 Å². The standard InChI is InChI=1S/C24H28N2O5S/c1-14-7-9-16(10-8-14)22-21(23(27)25-5)18-11-17-15(2)31-24(3,4)13-26(32(6,28)29)19(17)12-20(18)30-22/h7-12,15H,13H2,1-6H3,(H,25,27). The Hall–Kier alpha value is -2.84. The Morgan fingerprint density at radius 2 is 1.84 bits per heavy atom. The number of anilines is 1. The van der Waals surface area contributed by atoms with Gasteiger partial charge in [-0.05, 0) is 33.8 Å². The number of benzene rings is 2. The summed E-state index contributed by atoms with van der Waals surface area (Å²) < 4.78 is 39.1. The molecule has 1 unspecified atom stereocenters. The molecule has 0 spiro atoms. The molecular formula is C24H28N2O5S. The molecule has 0 saturated heterocycles. The van der Waals surface area contributed by atoms with E-state index in [1.807, 2.05) is 58.0 Å². The molecule has 0 radical (unpaired) electrons. The van der Waals surface area contributed by atoms with Crippen LogP contribution in [-0.4, -0.2) is 39.8 Å². The van der Waals surface area contributed by atoms with Crippen LogP contribution >= 0.6 is 0 Å². The van der Waals surface area contributed by atoms with E-state index in [4.69, 9.17) is 9.15 Å². The maximum Gasteiger partial charge on any atom is 0.255 e. The van der Waals surface area contributed by atoms with Crippen LogP contribution in [0.25, 0.3) is 22.3 Å². The molecule has 170 valence electrons. The van der Waals surface area contributed by atoms with E-state index in [0.717, 1.165) is 11.1 Å². The molecule has 1 amide bonds.